The lowest BCUT2D eigenvalue weighted by atomic mass is 9.40. The van der Waals surface area contributed by atoms with Gasteiger partial charge in [-0.2, -0.15) is 0 Å². The maximum atomic E-state index is 10.6. The molecule has 0 unspecified atom stereocenters. The number of hydrogen-bond donors (Lipinski definition) is 3. The molecular formula is C20H32O3. The Morgan fingerprint density at radius 2 is 1.65 bits per heavy atom. The third-order valence-electron chi connectivity index (χ3n) is 8.73. The SMILES string of the molecule is C[C@]1(CO)[C@@H]2CC[C@@]34C=C[C@@](CO)(CC[C@@H]3[C@@]2(C)CC[C@H]1O)C4. The standard InChI is InChI=1S/C20H32O3/c1-17-6-5-16(23)18(2,12-21)14(17)4-8-20-10-9-19(11-20,13-22)7-3-15(17)20/h9-10,14-16,21-23H,3-8,11-13H2,1-2H3/t14-,15-,16-,17+,18+,19+,20+/m1/s1. The van der Waals surface area contributed by atoms with Crippen molar-refractivity contribution in [3.63, 3.8) is 0 Å². The summed E-state index contributed by atoms with van der Waals surface area (Å²) in [6.45, 7) is 4.90. The van der Waals surface area contributed by atoms with Gasteiger partial charge >= 0.3 is 0 Å². The first kappa shape index (κ1) is 16.1. The molecule has 4 aliphatic carbocycles. The average molecular weight is 320 g/mol. The van der Waals surface area contributed by atoms with E-state index in [2.05, 4.69) is 26.0 Å². The van der Waals surface area contributed by atoms with Gasteiger partial charge in [0, 0.05) is 10.8 Å². The zero-order chi connectivity index (χ0) is 16.5. The van der Waals surface area contributed by atoms with Crippen LogP contribution in [0.2, 0.25) is 0 Å². The van der Waals surface area contributed by atoms with Crippen molar-refractivity contribution in [1.29, 1.82) is 0 Å². The molecule has 0 radical (unpaired) electrons. The molecule has 0 heterocycles. The van der Waals surface area contributed by atoms with E-state index in [-0.39, 0.29) is 41.0 Å². The van der Waals surface area contributed by atoms with Gasteiger partial charge in [-0.3, -0.25) is 0 Å². The van der Waals surface area contributed by atoms with Crippen molar-refractivity contribution >= 4 is 0 Å². The predicted molar refractivity (Wildman–Crippen MR) is 89.7 cm³/mol. The van der Waals surface area contributed by atoms with Crippen LogP contribution in [0.15, 0.2) is 12.2 Å². The van der Waals surface area contributed by atoms with Crippen molar-refractivity contribution in [2.24, 2.45) is 33.5 Å². The van der Waals surface area contributed by atoms with Crippen LogP contribution in [0.4, 0.5) is 0 Å². The molecule has 3 N–H and O–H groups in total. The van der Waals surface area contributed by atoms with E-state index in [1.165, 1.54) is 6.42 Å². The van der Waals surface area contributed by atoms with Crippen LogP contribution < -0.4 is 0 Å². The van der Waals surface area contributed by atoms with E-state index in [9.17, 15) is 15.3 Å². The Morgan fingerprint density at radius 1 is 0.913 bits per heavy atom. The number of fused-ring (bicyclic) bond motifs is 3. The fourth-order valence-electron chi connectivity index (χ4n) is 7.41. The van der Waals surface area contributed by atoms with Crippen LogP contribution in [-0.4, -0.2) is 34.6 Å². The van der Waals surface area contributed by atoms with Crippen LogP contribution in [0.25, 0.3) is 0 Å². The molecule has 0 aromatic rings. The smallest absolute Gasteiger partial charge is 0.0618 e. The topological polar surface area (TPSA) is 60.7 Å². The van der Waals surface area contributed by atoms with Crippen molar-refractivity contribution < 1.29 is 15.3 Å². The van der Waals surface area contributed by atoms with E-state index in [0.29, 0.717) is 11.8 Å². The fourth-order valence-corrected chi connectivity index (χ4v) is 7.41. The second-order valence-electron chi connectivity index (χ2n) is 9.67. The Balaban J connectivity index is 1.72. The first-order chi connectivity index (χ1) is 10.8. The molecule has 0 amide bonds. The van der Waals surface area contributed by atoms with Gasteiger partial charge < -0.3 is 15.3 Å². The van der Waals surface area contributed by atoms with Gasteiger partial charge in [0.25, 0.3) is 0 Å². The van der Waals surface area contributed by atoms with Crippen LogP contribution >= 0.6 is 0 Å². The lowest BCUT2D eigenvalue weighted by Gasteiger charge is -2.65. The molecule has 7 atom stereocenters. The van der Waals surface area contributed by atoms with Gasteiger partial charge in [0.15, 0.2) is 0 Å². The number of allylic oxidation sites excluding steroid dienone is 1. The second kappa shape index (κ2) is 4.83. The molecule has 2 bridgehead atoms. The summed E-state index contributed by atoms with van der Waals surface area (Å²) in [6, 6.07) is 0. The first-order valence-electron chi connectivity index (χ1n) is 9.44. The highest BCUT2D eigenvalue weighted by atomic mass is 16.3. The summed E-state index contributed by atoms with van der Waals surface area (Å²) in [5.74, 6) is 1.03. The molecule has 130 valence electrons. The molecule has 23 heavy (non-hydrogen) atoms. The highest BCUT2D eigenvalue weighted by molar-refractivity contribution is 5.26. The minimum atomic E-state index is -0.376. The molecular weight excluding hydrogens is 288 g/mol. The molecule has 3 heteroatoms. The van der Waals surface area contributed by atoms with E-state index in [0.717, 1.165) is 38.5 Å². The quantitative estimate of drug-likeness (QED) is 0.686. The van der Waals surface area contributed by atoms with Crippen LogP contribution in [0.5, 0.6) is 0 Å². The molecule has 4 rings (SSSR count). The first-order valence-corrected chi connectivity index (χ1v) is 9.44. The third kappa shape index (κ3) is 1.88. The minimum absolute atomic E-state index is 0.0359. The molecule has 0 aromatic heterocycles. The summed E-state index contributed by atoms with van der Waals surface area (Å²) >= 11 is 0. The van der Waals surface area contributed by atoms with Gasteiger partial charge in [-0.05, 0) is 67.6 Å². The van der Waals surface area contributed by atoms with Gasteiger partial charge in [0.2, 0.25) is 0 Å². The van der Waals surface area contributed by atoms with Crippen molar-refractivity contribution in [2.45, 2.75) is 64.9 Å². The number of aliphatic hydroxyl groups excluding tert-OH is 3. The Kier molecular flexibility index (Phi) is 3.38. The number of aliphatic hydroxyl groups is 3. The Morgan fingerprint density at radius 3 is 2.35 bits per heavy atom. The summed E-state index contributed by atoms with van der Waals surface area (Å²) in [7, 11) is 0. The molecule has 0 aliphatic heterocycles. The molecule has 3 saturated carbocycles. The zero-order valence-corrected chi connectivity index (χ0v) is 14.6. The summed E-state index contributed by atoms with van der Waals surface area (Å²) in [5, 5.41) is 30.5. The largest absolute Gasteiger partial charge is 0.396 e. The molecule has 3 nitrogen and oxygen atoms in total. The Labute approximate surface area is 139 Å². The third-order valence-corrected chi connectivity index (χ3v) is 8.73. The van der Waals surface area contributed by atoms with Crippen molar-refractivity contribution in [3.05, 3.63) is 12.2 Å². The molecule has 1 spiro atoms. The summed E-state index contributed by atoms with van der Waals surface area (Å²) < 4.78 is 0. The maximum absolute atomic E-state index is 10.6. The van der Waals surface area contributed by atoms with Gasteiger partial charge in [-0.15, -0.1) is 0 Å². The maximum Gasteiger partial charge on any atom is 0.0618 e. The Bertz CT molecular complexity index is 531. The predicted octanol–water partition coefficient (Wildman–Crippen LogP) is 2.89. The minimum Gasteiger partial charge on any atom is -0.396 e. The van der Waals surface area contributed by atoms with E-state index in [1.54, 1.807) is 0 Å². The van der Waals surface area contributed by atoms with Crippen molar-refractivity contribution in [1.82, 2.24) is 0 Å². The highest BCUT2D eigenvalue weighted by Crippen LogP contribution is 2.71. The zero-order valence-electron chi connectivity index (χ0n) is 14.6. The van der Waals surface area contributed by atoms with Crippen LogP contribution in [0.3, 0.4) is 0 Å². The van der Waals surface area contributed by atoms with Crippen molar-refractivity contribution in [2.75, 3.05) is 13.2 Å². The van der Waals surface area contributed by atoms with Gasteiger partial charge in [0.05, 0.1) is 19.3 Å². The van der Waals surface area contributed by atoms with Crippen LogP contribution in [-0.2, 0) is 0 Å². The fraction of sp³-hybridized carbons (Fsp3) is 0.900. The normalized spacial score (nSPS) is 57.9. The molecule has 3 fully saturated rings. The van der Waals surface area contributed by atoms with E-state index >= 15 is 0 Å². The van der Waals surface area contributed by atoms with Gasteiger partial charge in [0.1, 0.15) is 0 Å². The lowest BCUT2D eigenvalue weighted by Crippen LogP contribution is -2.61. The van der Waals surface area contributed by atoms with Crippen molar-refractivity contribution in [3.8, 4) is 0 Å². The van der Waals surface area contributed by atoms with E-state index in [4.69, 9.17) is 0 Å². The second-order valence-corrected chi connectivity index (χ2v) is 9.67. The summed E-state index contributed by atoms with van der Waals surface area (Å²) in [4.78, 5) is 0. The monoisotopic (exact) mass is 320 g/mol. The molecule has 0 aromatic carbocycles. The summed E-state index contributed by atoms with van der Waals surface area (Å²) in [6.07, 6.45) is 11.9. The van der Waals surface area contributed by atoms with Crippen LogP contribution in [0.1, 0.15) is 58.8 Å². The average Bonchev–Trinajstić information content (AvgIpc) is 2.83. The Hall–Kier alpha value is -0.380. The van der Waals surface area contributed by atoms with Crippen LogP contribution in [0, 0.1) is 33.5 Å². The summed E-state index contributed by atoms with van der Waals surface area (Å²) in [5.41, 5.74) is 0.132. The number of rotatable bonds is 2. The molecule has 0 saturated heterocycles. The van der Waals surface area contributed by atoms with Gasteiger partial charge in [-0.1, -0.05) is 26.0 Å². The molecule has 4 aliphatic rings. The van der Waals surface area contributed by atoms with E-state index < -0.39 is 0 Å². The lowest BCUT2D eigenvalue weighted by molar-refractivity contribution is -0.195. The highest BCUT2D eigenvalue weighted by Gasteiger charge is 2.65. The number of hydrogen-bond acceptors (Lipinski definition) is 3. The van der Waals surface area contributed by atoms with Gasteiger partial charge in [-0.25, -0.2) is 0 Å². The van der Waals surface area contributed by atoms with E-state index in [1.807, 2.05) is 0 Å².